The van der Waals surface area contributed by atoms with Gasteiger partial charge < -0.3 is 10.2 Å². The fraction of sp³-hybridized carbons (Fsp3) is 0.429. The number of alkyl halides is 3. The summed E-state index contributed by atoms with van der Waals surface area (Å²) < 4.78 is 54.3. The molecule has 3 heterocycles. The molecule has 0 radical (unpaired) electrons. The van der Waals surface area contributed by atoms with Crippen LogP contribution in [0.15, 0.2) is 35.2 Å². The Hall–Kier alpha value is -1.73. The topological polar surface area (TPSA) is 15.3 Å². The normalized spacial score (nSPS) is 23.9. The fourth-order valence-corrected chi connectivity index (χ4v) is 5.96. The maximum Gasteiger partial charge on any atom is 0.417 e. The summed E-state index contributed by atoms with van der Waals surface area (Å²) in [6, 6.07) is 7.17. The number of hydrogen-bond acceptors (Lipinski definition) is 3. The van der Waals surface area contributed by atoms with Crippen molar-refractivity contribution in [3.05, 3.63) is 47.3 Å². The van der Waals surface area contributed by atoms with Crippen molar-refractivity contribution < 1.29 is 17.6 Å². The van der Waals surface area contributed by atoms with E-state index in [0.29, 0.717) is 17.7 Å². The molecule has 2 aromatic carbocycles. The first-order chi connectivity index (χ1) is 13.4. The summed E-state index contributed by atoms with van der Waals surface area (Å²) >= 11 is 1.72. The molecule has 148 valence electrons. The van der Waals surface area contributed by atoms with Crippen LogP contribution in [0.1, 0.15) is 29.9 Å². The summed E-state index contributed by atoms with van der Waals surface area (Å²) in [6.45, 7) is 2.81. The third-order valence-electron chi connectivity index (χ3n) is 6.04. The number of anilines is 1. The van der Waals surface area contributed by atoms with Crippen molar-refractivity contribution >= 4 is 17.4 Å². The lowest BCUT2D eigenvalue weighted by molar-refractivity contribution is -0.137. The Balaban J connectivity index is 1.70. The number of hydrogen-bond donors (Lipinski definition) is 1. The van der Waals surface area contributed by atoms with Gasteiger partial charge in [-0.05, 0) is 66.1 Å². The van der Waals surface area contributed by atoms with E-state index >= 15 is 0 Å². The van der Waals surface area contributed by atoms with Gasteiger partial charge in [0.25, 0.3) is 0 Å². The van der Waals surface area contributed by atoms with Gasteiger partial charge in [-0.15, -0.1) is 11.8 Å². The van der Waals surface area contributed by atoms with Gasteiger partial charge in [0.1, 0.15) is 5.82 Å². The predicted molar refractivity (Wildman–Crippen MR) is 104 cm³/mol. The molecule has 0 amide bonds. The second kappa shape index (κ2) is 6.66. The molecular weight excluding hydrogens is 388 g/mol. The molecule has 2 nitrogen and oxygen atoms in total. The van der Waals surface area contributed by atoms with E-state index in [1.165, 1.54) is 11.8 Å². The van der Waals surface area contributed by atoms with Gasteiger partial charge in [0.2, 0.25) is 0 Å². The molecule has 0 aliphatic carbocycles. The van der Waals surface area contributed by atoms with Crippen LogP contribution in [0.3, 0.4) is 0 Å². The van der Waals surface area contributed by atoms with Crippen LogP contribution in [0.4, 0.5) is 23.2 Å². The van der Waals surface area contributed by atoms with E-state index in [9.17, 15) is 17.6 Å². The third-order valence-corrected chi connectivity index (χ3v) is 7.15. The number of benzene rings is 2. The summed E-state index contributed by atoms with van der Waals surface area (Å²) in [4.78, 5) is 3.53. The molecule has 0 saturated carbocycles. The number of fused-ring (bicyclic) bond motifs is 3. The zero-order valence-corrected chi connectivity index (χ0v) is 16.0. The van der Waals surface area contributed by atoms with Crippen LogP contribution in [0.2, 0.25) is 0 Å². The summed E-state index contributed by atoms with van der Waals surface area (Å²) in [7, 11) is 0. The molecule has 2 atom stereocenters. The summed E-state index contributed by atoms with van der Waals surface area (Å²) in [5, 5.41) is 3.44. The molecule has 3 aliphatic heterocycles. The van der Waals surface area contributed by atoms with Crippen LogP contribution in [0, 0.1) is 5.82 Å². The van der Waals surface area contributed by atoms with E-state index in [2.05, 4.69) is 10.2 Å². The van der Waals surface area contributed by atoms with E-state index in [1.807, 2.05) is 12.1 Å². The van der Waals surface area contributed by atoms with Crippen LogP contribution in [0.5, 0.6) is 0 Å². The largest absolute Gasteiger partial charge is 0.417 e. The molecule has 5 rings (SSSR count). The van der Waals surface area contributed by atoms with Gasteiger partial charge in [0, 0.05) is 29.9 Å². The van der Waals surface area contributed by atoms with Crippen molar-refractivity contribution in [3.63, 3.8) is 0 Å². The van der Waals surface area contributed by atoms with Gasteiger partial charge >= 0.3 is 6.18 Å². The van der Waals surface area contributed by atoms with Gasteiger partial charge in [0.15, 0.2) is 0 Å². The Labute approximate surface area is 165 Å². The third kappa shape index (κ3) is 2.90. The predicted octanol–water partition coefficient (Wildman–Crippen LogP) is 5.27. The van der Waals surface area contributed by atoms with Crippen LogP contribution in [-0.4, -0.2) is 31.4 Å². The molecule has 3 aliphatic rings. The minimum Gasteiger partial charge on any atom is -0.367 e. The zero-order valence-electron chi connectivity index (χ0n) is 15.2. The summed E-state index contributed by atoms with van der Waals surface area (Å²) in [6.07, 6.45) is -2.49. The monoisotopic (exact) mass is 408 g/mol. The number of nitrogens with one attached hydrogen (secondary N) is 1. The second-order valence-electron chi connectivity index (χ2n) is 7.66. The second-order valence-corrected chi connectivity index (χ2v) is 8.80. The van der Waals surface area contributed by atoms with Crippen LogP contribution >= 0.6 is 11.8 Å². The lowest BCUT2D eigenvalue weighted by atomic mass is 9.88. The van der Waals surface area contributed by atoms with Crippen molar-refractivity contribution in [3.8, 4) is 11.1 Å². The van der Waals surface area contributed by atoms with Gasteiger partial charge in [-0.25, -0.2) is 4.39 Å². The molecule has 7 heteroatoms. The van der Waals surface area contributed by atoms with E-state index < -0.39 is 17.6 Å². The Morgan fingerprint density at radius 2 is 2.00 bits per heavy atom. The Bertz CT molecular complexity index is 927. The van der Waals surface area contributed by atoms with Gasteiger partial charge in [-0.3, -0.25) is 0 Å². The van der Waals surface area contributed by atoms with E-state index in [-0.39, 0.29) is 11.5 Å². The first kappa shape index (κ1) is 18.3. The number of rotatable bonds is 1. The Morgan fingerprint density at radius 1 is 1.14 bits per heavy atom. The Morgan fingerprint density at radius 3 is 2.82 bits per heavy atom. The van der Waals surface area contributed by atoms with E-state index in [4.69, 9.17) is 0 Å². The van der Waals surface area contributed by atoms with Crippen molar-refractivity contribution in [2.45, 2.75) is 35.9 Å². The van der Waals surface area contributed by atoms with Crippen LogP contribution in [-0.2, 0) is 6.18 Å². The number of piperidine rings is 1. The average Bonchev–Trinajstić information content (AvgIpc) is 2.82. The molecule has 0 unspecified atom stereocenters. The lowest BCUT2D eigenvalue weighted by Crippen LogP contribution is -2.44. The minimum atomic E-state index is -4.60. The quantitative estimate of drug-likeness (QED) is 0.647. The molecule has 0 aromatic heterocycles. The van der Waals surface area contributed by atoms with Gasteiger partial charge in [0.05, 0.1) is 11.3 Å². The SMILES string of the molecule is Fc1ccc(-c2cc3c4c(c2)[C@@H]2CNCC[C@@H]2N4CCCS3)c(C(F)(F)F)c1. The first-order valence-electron chi connectivity index (χ1n) is 9.59. The van der Waals surface area contributed by atoms with Crippen molar-refractivity contribution in [1.82, 2.24) is 5.32 Å². The van der Waals surface area contributed by atoms with E-state index in [0.717, 1.165) is 54.8 Å². The zero-order chi connectivity index (χ0) is 19.5. The van der Waals surface area contributed by atoms with Crippen molar-refractivity contribution in [2.75, 3.05) is 30.3 Å². The highest BCUT2D eigenvalue weighted by molar-refractivity contribution is 7.99. The maximum absolute atomic E-state index is 13.6. The minimum absolute atomic E-state index is 0.0524. The molecule has 28 heavy (non-hydrogen) atoms. The number of thioether (sulfide) groups is 1. The number of nitrogens with zero attached hydrogens (tertiary/aromatic N) is 1. The smallest absolute Gasteiger partial charge is 0.367 e. The summed E-state index contributed by atoms with van der Waals surface area (Å²) in [5.74, 6) is 0.376. The molecule has 0 bridgehead atoms. The molecule has 1 N–H and O–H groups in total. The molecular formula is C21H20F4N2S. The highest BCUT2D eigenvalue weighted by Crippen LogP contribution is 2.51. The van der Waals surface area contributed by atoms with Crippen molar-refractivity contribution in [1.29, 1.82) is 0 Å². The maximum atomic E-state index is 13.6. The fourth-order valence-electron chi connectivity index (χ4n) is 4.88. The van der Waals surface area contributed by atoms with Crippen LogP contribution < -0.4 is 10.2 Å². The molecule has 0 spiro atoms. The standard InChI is InChI=1S/C21H20F4N2S/c22-13-2-3-14(17(10-13)21(23,24)25)12-8-15-16-11-26-5-4-18(16)27-6-1-7-28-19(9-12)20(15)27/h2-3,8-10,16,18,26H,1,4-7,11H2/t16-,18-/m0/s1. The van der Waals surface area contributed by atoms with Gasteiger partial charge in [-0.1, -0.05) is 6.07 Å². The Kier molecular flexibility index (Phi) is 4.36. The first-order valence-corrected chi connectivity index (χ1v) is 10.6. The van der Waals surface area contributed by atoms with Crippen molar-refractivity contribution in [2.24, 2.45) is 0 Å². The highest BCUT2D eigenvalue weighted by Gasteiger charge is 2.42. The summed E-state index contributed by atoms with van der Waals surface area (Å²) in [5.41, 5.74) is 2.02. The average molecular weight is 408 g/mol. The van der Waals surface area contributed by atoms with E-state index in [1.54, 1.807) is 11.8 Å². The number of halogens is 4. The molecule has 2 aromatic rings. The lowest BCUT2D eigenvalue weighted by Gasteiger charge is -2.33. The van der Waals surface area contributed by atoms with Gasteiger partial charge in [-0.2, -0.15) is 13.2 Å². The molecule has 1 fully saturated rings. The molecule has 1 saturated heterocycles. The highest BCUT2D eigenvalue weighted by atomic mass is 32.2. The van der Waals surface area contributed by atoms with Crippen LogP contribution in [0.25, 0.3) is 11.1 Å².